The van der Waals surface area contributed by atoms with Crippen LogP contribution < -0.4 is 5.73 Å². The summed E-state index contributed by atoms with van der Waals surface area (Å²) in [5, 5.41) is 0.792. The zero-order chi connectivity index (χ0) is 11.5. The van der Waals surface area contributed by atoms with E-state index in [1.54, 1.807) is 24.3 Å². The van der Waals surface area contributed by atoms with Crippen molar-refractivity contribution < 1.29 is 9.59 Å². The molecule has 1 aromatic carbocycles. The van der Waals surface area contributed by atoms with E-state index in [9.17, 15) is 9.59 Å². The van der Waals surface area contributed by atoms with Gasteiger partial charge in [0.1, 0.15) is 0 Å². The summed E-state index contributed by atoms with van der Waals surface area (Å²) in [5.74, 6) is -0.0762. The molecule has 1 aromatic rings. The van der Waals surface area contributed by atoms with Gasteiger partial charge in [0.15, 0.2) is 0 Å². The first kappa shape index (κ1) is 11.3. The van der Waals surface area contributed by atoms with Crippen LogP contribution in [0, 0.1) is 0 Å². The third-order valence-corrected chi connectivity index (χ3v) is 4.51. The molecule has 0 saturated heterocycles. The number of rotatable bonds is 3. The third kappa shape index (κ3) is 2.00. The predicted octanol–water partition coefficient (Wildman–Crippen LogP) is 1.03. The van der Waals surface area contributed by atoms with E-state index in [1.807, 2.05) is 0 Å². The topological polar surface area (TPSA) is 60.2 Å². The molecule has 0 aliphatic heterocycles. The number of benzene rings is 1. The first-order valence-electron chi connectivity index (χ1n) is 4.96. The number of fused-ring (bicyclic) bond motifs is 1. The molecule has 82 valence electrons. The van der Waals surface area contributed by atoms with Gasteiger partial charge in [-0.05, 0) is 0 Å². The molecule has 0 atom stereocenters. The van der Waals surface area contributed by atoms with E-state index < -0.39 is 0 Å². The van der Waals surface area contributed by atoms with Gasteiger partial charge in [-0.1, -0.05) is 0 Å². The molecular formula is C12H11NO2Se. The molecule has 0 spiro atoms. The molecule has 0 bridgehead atoms. The van der Waals surface area contributed by atoms with Crippen molar-refractivity contribution in [3.63, 3.8) is 0 Å². The van der Waals surface area contributed by atoms with E-state index in [0.29, 0.717) is 22.1 Å². The number of carbonyl (C=O) groups is 2. The Labute approximate surface area is 99.9 Å². The molecule has 0 unspecified atom stereocenters. The Morgan fingerprint density at radius 2 is 1.81 bits per heavy atom. The van der Waals surface area contributed by atoms with Crippen LogP contribution >= 0.6 is 0 Å². The van der Waals surface area contributed by atoms with Gasteiger partial charge in [-0.15, -0.1) is 0 Å². The summed E-state index contributed by atoms with van der Waals surface area (Å²) in [6.07, 6.45) is 1.47. The van der Waals surface area contributed by atoms with Crippen LogP contribution in [0.5, 0.6) is 0 Å². The second-order valence-electron chi connectivity index (χ2n) is 3.38. The Kier molecular flexibility index (Phi) is 3.34. The molecule has 4 heteroatoms. The summed E-state index contributed by atoms with van der Waals surface area (Å²) >= 11 is 0.00895. The number of hydrogen-bond donors (Lipinski definition) is 1. The van der Waals surface area contributed by atoms with E-state index >= 15 is 0 Å². The van der Waals surface area contributed by atoms with Crippen molar-refractivity contribution >= 4 is 26.5 Å². The van der Waals surface area contributed by atoms with Crippen LogP contribution in [0.3, 0.4) is 0 Å². The van der Waals surface area contributed by atoms with E-state index in [4.69, 9.17) is 5.73 Å². The molecule has 3 nitrogen and oxygen atoms in total. The van der Waals surface area contributed by atoms with Gasteiger partial charge in [0, 0.05) is 0 Å². The zero-order valence-corrected chi connectivity index (χ0v) is 10.3. The second-order valence-corrected chi connectivity index (χ2v) is 5.77. The minimum absolute atomic E-state index is 0.00895. The van der Waals surface area contributed by atoms with Gasteiger partial charge < -0.3 is 0 Å². The number of hydrogen-bond acceptors (Lipinski definition) is 3. The zero-order valence-electron chi connectivity index (χ0n) is 8.60. The molecule has 0 amide bonds. The van der Waals surface area contributed by atoms with E-state index in [0.717, 1.165) is 5.32 Å². The van der Waals surface area contributed by atoms with Gasteiger partial charge in [-0.2, -0.15) is 0 Å². The van der Waals surface area contributed by atoms with Crippen LogP contribution in [-0.2, 0) is 0 Å². The van der Waals surface area contributed by atoms with Gasteiger partial charge >= 0.3 is 99.6 Å². The van der Waals surface area contributed by atoms with Gasteiger partial charge in [-0.3, -0.25) is 0 Å². The average Bonchev–Trinajstić information content (AvgIpc) is 2.32. The first-order valence-corrected chi connectivity index (χ1v) is 7.03. The molecule has 0 saturated carbocycles. The van der Waals surface area contributed by atoms with Crippen LogP contribution in [0.25, 0.3) is 0 Å². The van der Waals surface area contributed by atoms with E-state index in [2.05, 4.69) is 0 Å². The van der Waals surface area contributed by atoms with Crippen molar-refractivity contribution in [2.45, 2.75) is 5.32 Å². The number of ketones is 2. The van der Waals surface area contributed by atoms with Gasteiger partial charge in [-0.25, -0.2) is 0 Å². The summed E-state index contributed by atoms with van der Waals surface area (Å²) in [4.78, 5) is 23.8. The summed E-state index contributed by atoms with van der Waals surface area (Å²) in [5.41, 5.74) is 6.46. The standard InChI is InChI=1S/C12H11NO2Se/c13-5-6-16-11-7-10(14)8-3-1-2-4-9(8)12(11)15/h1-4,7H,5-6,13H2. The molecule has 16 heavy (non-hydrogen) atoms. The van der Waals surface area contributed by atoms with Crippen molar-refractivity contribution in [2.24, 2.45) is 5.73 Å². The Bertz CT molecular complexity index is 480. The molecule has 0 aromatic heterocycles. The van der Waals surface area contributed by atoms with E-state index in [1.165, 1.54) is 6.08 Å². The van der Waals surface area contributed by atoms with Crippen LogP contribution in [-0.4, -0.2) is 33.1 Å². The van der Waals surface area contributed by atoms with Crippen molar-refractivity contribution in [1.82, 2.24) is 0 Å². The van der Waals surface area contributed by atoms with Crippen LogP contribution in [0.15, 0.2) is 34.8 Å². The van der Waals surface area contributed by atoms with Crippen molar-refractivity contribution in [3.8, 4) is 0 Å². The molecule has 0 fully saturated rings. The molecule has 0 heterocycles. The fraction of sp³-hybridized carbons (Fsp3) is 0.167. The number of carbonyl (C=O) groups excluding carboxylic acids is 2. The average molecular weight is 280 g/mol. The predicted molar refractivity (Wildman–Crippen MR) is 62.8 cm³/mol. The minimum atomic E-state index is -0.0657. The SMILES string of the molecule is NCC[Se]C1=CC(=O)c2ccccc2C1=O. The first-order chi connectivity index (χ1) is 7.74. The Morgan fingerprint density at radius 1 is 1.12 bits per heavy atom. The van der Waals surface area contributed by atoms with Crippen molar-refractivity contribution in [3.05, 3.63) is 45.9 Å². The van der Waals surface area contributed by atoms with Crippen LogP contribution in [0.4, 0.5) is 0 Å². The van der Waals surface area contributed by atoms with Gasteiger partial charge in [0.05, 0.1) is 0 Å². The monoisotopic (exact) mass is 281 g/mol. The van der Waals surface area contributed by atoms with Crippen molar-refractivity contribution in [2.75, 3.05) is 6.54 Å². The van der Waals surface area contributed by atoms with Gasteiger partial charge in [0.2, 0.25) is 0 Å². The molecular weight excluding hydrogens is 269 g/mol. The third-order valence-electron chi connectivity index (χ3n) is 2.30. The number of nitrogens with two attached hydrogens (primary N) is 1. The Balaban J connectivity index is 2.36. The summed E-state index contributed by atoms with van der Waals surface area (Å²) in [7, 11) is 0. The summed E-state index contributed by atoms with van der Waals surface area (Å²) < 4.78 is 0.640. The summed E-state index contributed by atoms with van der Waals surface area (Å²) in [6, 6.07) is 6.95. The van der Waals surface area contributed by atoms with Gasteiger partial charge in [0.25, 0.3) is 0 Å². The molecule has 0 radical (unpaired) electrons. The fourth-order valence-electron chi connectivity index (χ4n) is 1.57. The van der Waals surface area contributed by atoms with E-state index in [-0.39, 0.29) is 26.5 Å². The second kappa shape index (κ2) is 4.74. The summed E-state index contributed by atoms with van der Waals surface area (Å²) in [6.45, 7) is 0.556. The fourth-order valence-corrected chi connectivity index (χ4v) is 3.18. The van der Waals surface area contributed by atoms with Crippen molar-refractivity contribution in [1.29, 1.82) is 0 Å². The maximum absolute atomic E-state index is 12.0. The molecule has 1 aliphatic rings. The molecule has 2 rings (SSSR count). The number of allylic oxidation sites excluding steroid dienone is 2. The number of Topliss-reactive ketones (excluding diaryl/α,β-unsaturated/α-hetero) is 1. The normalized spacial score (nSPS) is 14.7. The Morgan fingerprint density at radius 3 is 2.50 bits per heavy atom. The molecule has 1 aliphatic carbocycles. The quantitative estimate of drug-likeness (QED) is 0.841. The maximum atomic E-state index is 12.0. The van der Waals surface area contributed by atoms with Crippen LogP contribution in [0.2, 0.25) is 5.32 Å². The Hall–Kier alpha value is -1.22. The molecule has 2 N–H and O–H groups in total. The van der Waals surface area contributed by atoms with Crippen LogP contribution in [0.1, 0.15) is 20.7 Å².